The number of nitrogens with two attached hydrogens (primary N) is 1. The molecule has 0 aliphatic heterocycles. The second-order valence-electron chi connectivity index (χ2n) is 5.48. The van der Waals surface area contributed by atoms with E-state index in [0.717, 1.165) is 23.1 Å². The van der Waals surface area contributed by atoms with Gasteiger partial charge in [0.05, 0.1) is 0 Å². The summed E-state index contributed by atoms with van der Waals surface area (Å²) < 4.78 is 0. The highest BCUT2D eigenvalue weighted by molar-refractivity contribution is 5.41. The lowest BCUT2D eigenvalue weighted by molar-refractivity contribution is 0.219. The third kappa shape index (κ3) is 3.09. The molecule has 2 rings (SSSR count). The molecule has 0 aromatic heterocycles. The Morgan fingerprint density at radius 2 is 1.55 bits per heavy atom. The maximum atomic E-state index is 10.6. The third-order valence-corrected chi connectivity index (χ3v) is 3.91. The Balaban J connectivity index is 2.31. The largest absolute Gasteiger partial charge is 0.384 e. The third-order valence-electron chi connectivity index (χ3n) is 3.91. The van der Waals surface area contributed by atoms with E-state index in [2.05, 4.69) is 26.0 Å². The van der Waals surface area contributed by atoms with Gasteiger partial charge in [0.25, 0.3) is 0 Å². The van der Waals surface area contributed by atoms with Gasteiger partial charge in [-0.1, -0.05) is 36.4 Å². The highest BCUT2D eigenvalue weighted by Crippen LogP contribution is 2.27. The van der Waals surface area contributed by atoms with Gasteiger partial charge in [0.2, 0.25) is 0 Å². The van der Waals surface area contributed by atoms with Crippen LogP contribution in [0.1, 0.15) is 39.5 Å². The van der Waals surface area contributed by atoms with Crippen LogP contribution in [-0.4, -0.2) is 11.7 Å². The van der Waals surface area contributed by atoms with Crippen molar-refractivity contribution >= 4 is 0 Å². The van der Waals surface area contributed by atoms with Crippen LogP contribution in [0.4, 0.5) is 0 Å². The molecule has 0 bridgehead atoms. The summed E-state index contributed by atoms with van der Waals surface area (Å²) in [5.41, 5.74) is 12.3. The number of aliphatic hydroxyl groups is 1. The van der Waals surface area contributed by atoms with Crippen molar-refractivity contribution < 1.29 is 5.11 Å². The molecule has 2 aromatic carbocycles. The van der Waals surface area contributed by atoms with E-state index in [4.69, 9.17) is 5.73 Å². The zero-order valence-electron chi connectivity index (χ0n) is 12.5. The van der Waals surface area contributed by atoms with Crippen molar-refractivity contribution in [1.29, 1.82) is 0 Å². The van der Waals surface area contributed by atoms with Gasteiger partial charge in [-0.3, -0.25) is 0 Å². The predicted octanol–water partition coefficient (Wildman–Crippen LogP) is 3.19. The molecule has 20 heavy (non-hydrogen) atoms. The zero-order valence-corrected chi connectivity index (χ0v) is 12.5. The minimum atomic E-state index is -0.568. The molecule has 0 radical (unpaired) electrons. The summed E-state index contributed by atoms with van der Waals surface area (Å²) in [5.74, 6) is 0. The standard InChI is InChI=1S/C18H23NO/c1-12-10-14(3)17(11-13(12)2)18(20)16-6-4-15(5-7-16)8-9-19/h4-7,10-11,18,20H,8-9,19H2,1-3H3. The summed E-state index contributed by atoms with van der Waals surface area (Å²) in [7, 11) is 0. The number of aryl methyl sites for hydroxylation is 3. The summed E-state index contributed by atoms with van der Waals surface area (Å²) in [5, 5.41) is 10.6. The van der Waals surface area contributed by atoms with Gasteiger partial charge in [0.15, 0.2) is 0 Å². The van der Waals surface area contributed by atoms with Gasteiger partial charge in [-0.05, 0) is 67.1 Å². The van der Waals surface area contributed by atoms with Crippen LogP contribution in [-0.2, 0) is 6.42 Å². The van der Waals surface area contributed by atoms with Gasteiger partial charge in [-0.25, -0.2) is 0 Å². The van der Waals surface area contributed by atoms with E-state index in [1.54, 1.807) is 0 Å². The van der Waals surface area contributed by atoms with E-state index in [-0.39, 0.29) is 0 Å². The van der Waals surface area contributed by atoms with E-state index in [1.807, 2.05) is 31.2 Å². The van der Waals surface area contributed by atoms with Gasteiger partial charge in [-0.2, -0.15) is 0 Å². The molecule has 106 valence electrons. The van der Waals surface area contributed by atoms with Crippen molar-refractivity contribution in [2.24, 2.45) is 5.73 Å². The molecule has 0 aliphatic rings. The number of benzene rings is 2. The molecule has 0 aliphatic carbocycles. The highest BCUT2D eigenvalue weighted by atomic mass is 16.3. The van der Waals surface area contributed by atoms with Crippen molar-refractivity contribution in [3.63, 3.8) is 0 Å². The quantitative estimate of drug-likeness (QED) is 0.895. The van der Waals surface area contributed by atoms with Crippen molar-refractivity contribution in [3.8, 4) is 0 Å². The van der Waals surface area contributed by atoms with Gasteiger partial charge in [0, 0.05) is 0 Å². The average Bonchev–Trinajstić information content (AvgIpc) is 2.43. The number of hydrogen-bond acceptors (Lipinski definition) is 2. The molecule has 2 heteroatoms. The molecule has 1 atom stereocenters. The smallest absolute Gasteiger partial charge is 0.104 e. The monoisotopic (exact) mass is 269 g/mol. The molecule has 1 unspecified atom stereocenters. The first-order chi connectivity index (χ1) is 9.52. The van der Waals surface area contributed by atoms with Crippen molar-refractivity contribution in [3.05, 3.63) is 69.8 Å². The van der Waals surface area contributed by atoms with Crippen LogP contribution in [0.2, 0.25) is 0 Å². The molecule has 0 fully saturated rings. The molecular formula is C18H23NO. The molecule has 2 nitrogen and oxygen atoms in total. The minimum absolute atomic E-state index is 0.568. The van der Waals surface area contributed by atoms with Crippen LogP contribution < -0.4 is 5.73 Å². The summed E-state index contributed by atoms with van der Waals surface area (Å²) in [6, 6.07) is 12.3. The molecule has 0 amide bonds. The second-order valence-corrected chi connectivity index (χ2v) is 5.48. The van der Waals surface area contributed by atoms with Crippen molar-refractivity contribution in [2.45, 2.75) is 33.3 Å². The maximum Gasteiger partial charge on any atom is 0.104 e. The molecule has 0 saturated heterocycles. The topological polar surface area (TPSA) is 46.2 Å². The number of aliphatic hydroxyl groups excluding tert-OH is 1. The summed E-state index contributed by atoms with van der Waals surface area (Å²) in [6.45, 7) is 6.88. The van der Waals surface area contributed by atoms with Crippen molar-refractivity contribution in [2.75, 3.05) is 6.54 Å². The molecule has 2 aromatic rings. The first kappa shape index (κ1) is 14.8. The first-order valence-electron chi connectivity index (χ1n) is 7.07. The SMILES string of the molecule is Cc1cc(C)c(C(O)c2ccc(CCN)cc2)cc1C. The summed E-state index contributed by atoms with van der Waals surface area (Å²) >= 11 is 0. The lowest BCUT2D eigenvalue weighted by Crippen LogP contribution is -2.05. The molecule has 0 heterocycles. The summed E-state index contributed by atoms with van der Waals surface area (Å²) in [6.07, 6.45) is 0.306. The Morgan fingerprint density at radius 3 is 2.15 bits per heavy atom. The fraction of sp³-hybridized carbons (Fsp3) is 0.333. The maximum absolute atomic E-state index is 10.6. The minimum Gasteiger partial charge on any atom is -0.384 e. The van der Waals surface area contributed by atoms with Crippen LogP contribution in [0.3, 0.4) is 0 Å². The van der Waals surface area contributed by atoms with E-state index in [1.165, 1.54) is 16.7 Å². The zero-order chi connectivity index (χ0) is 14.7. The molecular weight excluding hydrogens is 246 g/mol. The van der Waals surface area contributed by atoms with Gasteiger partial charge in [-0.15, -0.1) is 0 Å². The Hall–Kier alpha value is -1.64. The number of hydrogen-bond donors (Lipinski definition) is 2. The van der Waals surface area contributed by atoms with Crippen LogP contribution >= 0.6 is 0 Å². The average molecular weight is 269 g/mol. The summed E-state index contributed by atoms with van der Waals surface area (Å²) in [4.78, 5) is 0. The Bertz CT molecular complexity index is 587. The van der Waals surface area contributed by atoms with Gasteiger partial charge in [0.1, 0.15) is 6.10 Å². The Labute approximate surface area is 121 Å². The normalized spacial score (nSPS) is 12.4. The van der Waals surface area contributed by atoms with Crippen LogP contribution in [0.5, 0.6) is 0 Å². The lowest BCUT2D eigenvalue weighted by atomic mass is 9.93. The first-order valence-corrected chi connectivity index (χ1v) is 7.07. The van der Waals surface area contributed by atoms with E-state index < -0.39 is 6.10 Å². The van der Waals surface area contributed by atoms with Gasteiger partial charge < -0.3 is 10.8 Å². The fourth-order valence-electron chi connectivity index (χ4n) is 2.49. The van der Waals surface area contributed by atoms with Crippen LogP contribution in [0.15, 0.2) is 36.4 Å². The van der Waals surface area contributed by atoms with E-state index >= 15 is 0 Å². The fourth-order valence-corrected chi connectivity index (χ4v) is 2.49. The molecule has 3 N–H and O–H groups in total. The number of rotatable bonds is 4. The molecule has 0 spiro atoms. The Kier molecular flexibility index (Phi) is 4.58. The Morgan fingerprint density at radius 1 is 0.950 bits per heavy atom. The predicted molar refractivity (Wildman–Crippen MR) is 83.9 cm³/mol. The van der Waals surface area contributed by atoms with Crippen LogP contribution in [0.25, 0.3) is 0 Å². The van der Waals surface area contributed by atoms with Gasteiger partial charge >= 0.3 is 0 Å². The van der Waals surface area contributed by atoms with Crippen LogP contribution in [0, 0.1) is 20.8 Å². The highest BCUT2D eigenvalue weighted by Gasteiger charge is 2.14. The molecule has 0 saturated carbocycles. The van der Waals surface area contributed by atoms with Crippen molar-refractivity contribution in [1.82, 2.24) is 0 Å². The second kappa shape index (κ2) is 6.21. The lowest BCUT2D eigenvalue weighted by Gasteiger charge is -2.16. The van der Waals surface area contributed by atoms with E-state index in [9.17, 15) is 5.11 Å². The van der Waals surface area contributed by atoms with E-state index in [0.29, 0.717) is 6.54 Å².